The molecule has 0 N–H and O–H groups in total. The molecular weight excluding hydrogens is 356 g/mol. The molecule has 8 nitrogen and oxygen atoms in total. The van der Waals surface area contributed by atoms with Crippen LogP contribution in [0, 0.1) is 47.3 Å². The largest absolute Gasteiger partial charge is 0.469 e. The lowest BCUT2D eigenvalue weighted by molar-refractivity contribution is -0.211. The van der Waals surface area contributed by atoms with Crippen LogP contribution in [0.3, 0.4) is 0 Å². The molecule has 0 amide bonds. The van der Waals surface area contributed by atoms with E-state index in [1.165, 1.54) is 28.4 Å². The molecule has 8 heteroatoms. The van der Waals surface area contributed by atoms with Crippen molar-refractivity contribution in [2.45, 2.75) is 6.92 Å². The number of fused-ring (bicyclic) bond motifs is 1. The summed E-state index contributed by atoms with van der Waals surface area (Å²) in [5, 5.41) is 0. The van der Waals surface area contributed by atoms with Gasteiger partial charge in [-0.3, -0.25) is 19.2 Å². The highest BCUT2D eigenvalue weighted by atomic mass is 16.5. The minimum Gasteiger partial charge on any atom is -0.469 e. The molecule has 8 atom stereocenters. The molecule has 27 heavy (non-hydrogen) atoms. The number of methoxy groups -OCH3 is 4. The minimum atomic E-state index is -0.761. The van der Waals surface area contributed by atoms with E-state index in [2.05, 4.69) is 0 Å². The van der Waals surface area contributed by atoms with Crippen LogP contribution in [0.5, 0.6) is 0 Å². The molecule has 0 spiro atoms. The van der Waals surface area contributed by atoms with Gasteiger partial charge in [-0.05, 0) is 30.6 Å². The number of carbonyl (C=O) groups is 4. The van der Waals surface area contributed by atoms with Gasteiger partial charge in [-0.15, -0.1) is 0 Å². The van der Waals surface area contributed by atoms with Crippen molar-refractivity contribution in [1.82, 2.24) is 0 Å². The Hall–Kier alpha value is -2.38. The lowest BCUT2D eigenvalue weighted by Gasteiger charge is -2.63. The zero-order chi connectivity index (χ0) is 20.0. The summed E-state index contributed by atoms with van der Waals surface area (Å²) in [4.78, 5) is 49.9. The van der Waals surface area contributed by atoms with E-state index in [4.69, 9.17) is 18.9 Å². The Bertz CT molecular complexity index is 710. The molecular formula is C19H24O8. The molecule has 0 aliphatic heterocycles. The number of allylic oxidation sites excluding steroid dienone is 2. The van der Waals surface area contributed by atoms with Crippen LogP contribution in [0.15, 0.2) is 11.6 Å². The molecule has 0 aromatic heterocycles. The summed E-state index contributed by atoms with van der Waals surface area (Å²) in [5.41, 5.74) is 0.911. The second-order valence-corrected chi connectivity index (χ2v) is 7.36. The second-order valence-electron chi connectivity index (χ2n) is 7.36. The minimum absolute atomic E-state index is 0.290. The standard InChI is InChI=1S/C19H24O8/c1-7-6-8-10-12(15(19(23)27-5)14(10)18(22)26-4)9(7)13(17(21)25-3)11(8)16(20)24-2/h6,8-15H,1-5H3/t8-,9+,10+,11+,12-,13-,14-,15-/m0/s1. The first-order chi connectivity index (χ1) is 12.8. The highest BCUT2D eigenvalue weighted by Crippen LogP contribution is 2.66. The summed E-state index contributed by atoms with van der Waals surface area (Å²) in [6.07, 6.45) is 1.93. The third kappa shape index (κ3) is 2.56. The highest BCUT2D eigenvalue weighted by molar-refractivity contribution is 5.88. The zero-order valence-corrected chi connectivity index (χ0v) is 16.0. The van der Waals surface area contributed by atoms with E-state index >= 15 is 0 Å². The van der Waals surface area contributed by atoms with E-state index in [1.54, 1.807) is 0 Å². The van der Waals surface area contributed by atoms with Crippen molar-refractivity contribution in [2.24, 2.45) is 47.3 Å². The first-order valence-corrected chi connectivity index (χ1v) is 8.83. The summed E-state index contributed by atoms with van der Waals surface area (Å²) < 4.78 is 19.7. The fraction of sp³-hybridized carbons (Fsp3) is 0.684. The third-order valence-corrected chi connectivity index (χ3v) is 6.58. The Morgan fingerprint density at radius 2 is 1.07 bits per heavy atom. The topological polar surface area (TPSA) is 105 Å². The number of hydrogen-bond acceptors (Lipinski definition) is 8. The average Bonchev–Trinajstić information content (AvgIpc) is 2.66. The molecule has 2 saturated carbocycles. The van der Waals surface area contributed by atoms with Gasteiger partial charge in [0.1, 0.15) is 0 Å². The second kappa shape index (κ2) is 6.98. The first kappa shape index (κ1) is 19.4. The summed E-state index contributed by atoms with van der Waals surface area (Å²) in [6.45, 7) is 1.87. The molecule has 0 aromatic rings. The molecule has 4 rings (SSSR count). The Labute approximate surface area is 157 Å². The van der Waals surface area contributed by atoms with E-state index in [-0.39, 0.29) is 11.8 Å². The SMILES string of the molecule is COC(=O)[C@@H]1[C@H](C(=O)OC)[C@H]2C=C(C)[C@@H]1[C@@H]1[C@H](C(=O)OC)[C@@H](C(=O)OC)[C@H]21. The Balaban J connectivity index is 2.10. The summed E-state index contributed by atoms with van der Waals surface area (Å²) >= 11 is 0. The highest BCUT2D eigenvalue weighted by Gasteiger charge is 2.71. The Kier molecular flexibility index (Phi) is 5.01. The Morgan fingerprint density at radius 3 is 1.56 bits per heavy atom. The van der Waals surface area contributed by atoms with E-state index < -0.39 is 59.4 Å². The lowest BCUT2D eigenvalue weighted by atomic mass is 9.38. The van der Waals surface area contributed by atoms with Crippen LogP contribution in [0.1, 0.15) is 6.92 Å². The van der Waals surface area contributed by atoms with Gasteiger partial charge in [0, 0.05) is 0 Å². The summed E-state index contributed by atoms with van der Waals surface area (Å²) in [7, 11) is 5.07. The molecule has 4 aliphatic rings. The Morgan fingerprint density at radius 1 is 0.667 bits per heavy atom. The number of rotatable bonds is 4. The van der Waals surface area contributed by atoms with Gasteiger partial charge in [0.05, 0.1) is 52.1 Å². The predicted molar refractivity (Wildman–Crippen MR) is 89.7 cm³/mol. The van der Waals surface area contributed by atoms with Crippen molar-refractivity contribution in [1.29, 1.82) is 0 Å². The maximum atomic E-state index is 12.6. The van der Waals surface area contributed by atoms with E-state index in [0.717, 1.165) is 5.57 Å². The third-order valence-electron chi connectivity index (χ3n) is 6.58. The fourth-order valence-corrected chi connectivity index (χ4v) is 5.68. The van der Waals surface area contributed by atoms with Crippen LogP contribution >= 0.6 is 0 Å². The van der Waals surface area contributed by atoms with E-state index in [1.807, 2.05) is 13.0 Å². The molecule has 0 saturated heterocycles. The van der Waals surface area contributed by atoms with Gasteiger partial charge < -0.3 is 18.9 Å². The molecule has 4 aliphatic carbocycles. The van der Waals surface area contributed by atoms with Crippen molar-refractivity contribution < 1.29 is 38.1 Å². The zero-order valence-electron chi connectivity index (χ0n) is 16.0. The maximum Gasteiger partial charge on any atom is 0.310 e. The van der Waals surface area contributed by atoms with Crippen LogP contribution < -0.4 is 0 Å². The van der Waals surface area contributed by atoms with Crippen LogP contribution in [0.25, 0.3) is 0 Å². The van der Waals surface area contributed by atoms with Gasteiger partial charge in [0.2, 0.25) is 0 Å². The molecule has 0 aromatic carbocycles. The van der Waals surface area contributed by atoms with Crippen molar-refractivity contribution in [3.05, 3.63) is 11.6 Å². The van der Waals surface area contributed by atoms with Crippen LogP contribution in [0.4, 0.5) is 0 Å². The predicted octanol–water partition coefficient (Wildman–Crippen LogP) is 0.595. The monoisotopic (exact) mass is 380 g/mol. The number of hydrogen-bond donors (Lipinski definition) is 0. The smallest absolute Gasteiger partial charge is 0.310 e. The van der Waals surface area contributed by atoms with Gasteiger partial charge in [-0.2, -0.15) is 0 Å². The van der Waals surface area contributed by atoms with Gasteiger partial charge in [-0.1, -0.05) is 11.6 Å². The summed E-state index contributed by atoms with van der Waals surface area (Å²) in [6, 6.07) is 0. The molecule has 2 fully saturated rings. The van der Waals surface area contributed by atoms with Gasteiger partial charge >= 0.3 is 23.9 Å². The van der Waals surface area contributed by atoms with Crippen molar-refractivity contribution >= 4 is 23.9 Å². The molecule has 0 unspecified atom stereocenters. The van der Waals surface area contributed by atoms with E-state index in [0.29, 0.717) is 0 Å². The van der Waals surface area contributed by atoms with Crippen molar-refractivity contribution in [3.63, 3.8) is 0 Å². The molecule has 0 heterocycles. The molecule has 2 bridgehead atoms. The lowest BCUT2D eigenvalue weighted by Crippen LogP contribution is -2.68. The number of ether oxygens (including phenoxy) is 4. The maximum absolute atomic E-state index is 12.6. The fourth-order valence-electron chi connectivity index (χ4n) is 5.68. The van der Waals surface area contributed by atoms with Gasteiger partial charge in [0.15, 0.2) is 0 Å². The van der Waals surface area contributed by atoms with Crippen molar-refractivity contribution in [2.75, 3.05) is 28.4 Å². The number of esters is 4. The average molecular weight is 380 g/mol. The molecule has 148 valence electrons. The van der Waals surface area contributed by atoms with Crippen LogP contribution in [-0.2, 0) is 38.1 Å². The quantitative estimate of drug-likeness (QED) is 0.397. The van der Waals surface area contributed by atoms with Gasteiger partial charge in [-0.25, -0.2) is 0 Å². The van der Waals surface area contributed by atoms with Gasteiger partial charge in [0.25, 0.3) is 0 Å². The number of carbonyl (C=O) groups excluding carboxylic acids is 4. The van der Waals surface area contributed by atoms with Crippen LogP contribution in [0.2, 0.25) is 0 Å². The normalized spacial score (nSPS) is 38.6. The van der Waals surface area contributed by atoms with Crippen LogP contribution in [-0.4, -0.2) is 52.3 Å². The summed E-state index contributed by atoms with van der Waals surface area (Å²) in [5.74, 6) is -6.40. The first-order valence-electron chi connectivity index (χ1n) is 8.83. The van der Waals surface area contributed by atoms with Crippen molar-refractivity contribution in [3.8, 4) is 0 Å². The molecule has 0 radical (unpaired) electrons. The van der Waals surface area contributed by atoms with E-state index in [9.17, 15) is 19.2 Å².